The number of anilines is 4. The molecule has 188 valence electrons. The number of hydrogen-bond acceptors (Lipinski definition) is 7. The van der Waals surface area contributed by atoms with Gasteiger partial charge < -0.3 is 20.4 Å². The number of piperazine rings is 1. The van der Waals surface area contributed by atoms with Crippen molar-refractivity contribution < 1.29 is 9.18 Å². The van der Waals surface area contributed by atoms with Crippen LogP contribution in [0.3, 0.4) is 0 Å². The number of nitrogens with one attached hydrogen (secondary N) is 2. The minimum Gasteiger partial charge on any atom is -0.369 e. The molecule has 0 unspecified atom stereocenters. The monoisotopic (exact) mass is 497 g/mol. The van der Waals surface area contributed by atoms with Gasteiger partial charge in [0, 0.05) is 72.7 Å². The molecule has 2 aromatic heterocycles. The van der Waals surface area contributed by atoms with Crippen LogP contribution in [0.4, 0.5) is 27.4 Å². The third-order valence-electron chi connectivity index (χ3n) is 6.22. The summed E-state index contributed by atoms with van der Waals surface area (Å²) in [4.78, 5) is 30.5. The second-order valence-electron chi connectivity index (χ2n) is 9.05. The summed E-state index contributed by atoms with van der Waals surface area (Å²) in [5.41, 5.74) is 4.73. The van der Waals surface area contributed by atoms with Crippen molar-refractivity contribution >= 4 is 39.8 Å². The lowest BCUT2D eigenvalue weighted by Crippen LogP contribution is -2.44. The Morgan fingerprint density at radius 2 is 1.78 bits per heavy atom. The average Bonchev–Trinajstić information content (AvgIpc) is 2.89. The van der Waals surface area contributed by atoms with Crippen LogP contribution >= 0.6 is 0 Å². The maximum absolute atomic E-state index is 13.1. The van der Waals surface area contributed by atoms with Gasteiger partial charge in [-0.05, 0) is 56.4 Å². The molecule has 1 amide bonds. The SMILES string of the molecule is C/C(F)=C/C(=O)Nc1cccc(-c2nccc3cnc(Nc4ccc(N5CCN(C)CC5)cc4)nc23)c1. The van der Waals surface area contributed by atoms with Gasteiger partial charge >= 0.3 is 0 Å². The van der Waals surface area contributed by atoms with E-state index >= 15 is 0 Å². The van der Waals surface area contributed by atoms with E-state index < -0.39 is 11.7 Å². The van der Waals surface area contributed by atoms with E-state index in [1.165, 1.54) is 12.6 Å². The van der Waals surface area contributed by atoms with Crippen LogP contribution < -0.4 is 15.5 Å². The second-order valence-corrected chi connectivity index (χ2v) is 9.05. The predicted octanol–water partition coefficient (Wildman–Crippen LogP) is 5.00. The zero-order chi connectivity index (χ0) is 25.8. The number of pyridine rings is 1. The van der Waals surface area contributed by atoms with Gasteiger partial charge in [0.2, 0.25) is 5.95 Å². The highest BCUT2D eigenvalue weighted by molar-refractivity contribution is 6.00. The number of rotatable bonds is 6. The topological polar surface area (TPSA) is 86.3 Å². The number of nitrogens with zero attached hydrogens (tertiary/aromatic N) is 5. The quantitative estimate of drug-likeness (QED) is 0.363. The zero-order valence-corrected chi connectivity index (χ0v) is 20.8. The first kappa shape index (κ1) is 24.3. The first-order valence-electron chi connectivity index (χ1n) is 12.1. The van der Waals surface area contributed by atoms with E-state index in [4.69, 9.17) is 4.98 Å². The van der Waals surface area contributed by atoms with E-state index in [-0.39, 0.29) is 0 Å². The molecule has 0 aliphatic carbocycles. The summed E-state index contributed by atoms with van der Waals surface area (Å²) in [5, 5.41) is 6.80. The van der Waals surface area contributed by atoms with Gasteiger partial charge in [0.15, 0.2) is 0 Å². The van der Waals surface area contributed by atoms with Crippen molar-refractivity contribution in [2.75, 3.05) is 48.8 Å². The van der Waals surface area contributed by atoms with Crippen LogP contribution in [-0.4, -0.2) is 59.0 Å². The number of benzene rings is 2. The first-order chi connectivity index (χ1) is 17.9. The molecule has 2 aromatic carbocycles. The summed E-state index contributed by atoms with van der Waals surface area (Å²) in [5.74, 6) is -0.632. The number of hydrogen-bond donors (Lipinski definition) is 2. The number of fused-ring (bicyclic) bond motifs is 1. The summed E-state index contributed by atoms with van der Waals surface area (Å²) in [6, 6.07) is 17.4. The normalized spacial score (nSPS) is 14.6. The molecule has 4 aromatic rings. The molecule has 8 nitrogen and oxygen atoms in total. The summed E-state index contributed by atoms with van der Waals surface area (Å²) in [7, 11) is 2.15. The molecule has 2 N–H and O–H groups in total. The van der Waals surface area contributed by atoms with E-state index in [0.717, 1.165) is 48.9 Å². The Morgan fingerprint density at radius 3 is 2.54 bits per heavy atom. The van der Waals surface area contributed by atoms with Gasteiger partial charge in [-0.1, -0.05) is 12.1 Å². The number of amides is 1. The van der Waals surface area contributed by atoms with E-state index in [9.17, 15) is 9.18 Å². The lowest BCUT2D eigenvalue weighted by atomic mass is 10.1. The smallest absolute Gasteiger partial charge is 0.250 e. The third-order valence-corrected chi connectivity index (χ3v) is 6.22. The highest BCUT2D eigenvalue weighted by atomic mass is 19.1. The molecule has 0 saturated carbocycles. The van der Waals surface area contributed by atoms with Crippen LogP contribution in [0.15, 0.2) is 78.9 Å². The number of carbonyl (C=O) groups excluding carboxylic acids is 1. The van der Waals surface area contributed by atoms with Gasteiger partial charge in [0.25, 0.3) is 5.91 Å². The molecule has 3 heterocycles. The Hall–Kier alpha value is -4.37. The van der Waals surface area contributed by atoms with E-state index in [1.54, 1.807) is 30.6 Å². The van der Waals surface area contributed by atoms with Crippen molar-refractivity contribution in [1.29, 1.82) is 0 Å². The number of halogens is 1. The van der Waals surface area contributed by atoms with Crippen LogP contribution in [0.1, 0.15) is 6.92 Å². The molecule has 0 atom stereocenters. The van der Waals surface area contributed by atoms with Crippen LogP contribution in [0.2, 0.25) is 0 Å². The number of aromatic nitrogens is 3. The largest absolute Gasteiger partial charge is 0.369 e. The van der Waals surface area contributed by atoms with Gasteiger partial charge in [-0.25, -0.2) is 14.4 Å². The summed E-state index contributed by atoms with van der Waals surface area (Å²) in [6.07, 6.45) is 4.37. The Labute approximate surface area is 214 Å². The van der Waals surface area contributed by atoms with Crippen molar-refractivity contribution in [2.24, 2.45) is 0 Å². The fourth-order valence-electron chi connectivity index (χ4n) is 4.28. The number of allylic oxidation sites excluding steroid dienone is 1. The van der Waals surface area contributed by atoms with Crippen molar-refractivity contribution in [3.8, 4) is 11.3 Å². The van der Waals surface area contributed by atoms with Crippen molar-refractivity contribution in [2.45, 2.75) is 6.92 Å². The minimum absolute atomic E-state index is 0.460. The summed E-state index contributed by atoms with van der Waals surface area (Å²) >= 11 is 0. The minimum atomic E-state index is -0.560. The molecule has 1 aliphatic heterocycles. The molecule has 5 rings (SSSR count). The fourth-order valence-corrected chi connectivity index (χ4v) is 4.28. The Kier molecular flexibility index (Phi) is 7.04. The highest BCUT2D eigenvalue weighted by Crippen LogP contribution is 2.28. The molecule has 0 radical (unpaired) electrons. The van der Waals surface area contributed by atoms with E-state index in [1.807, 2.05) is 24.3 Å². The highest BCUT2D eigenvalue weighted by Gasteiger charge is 2.14. The van der Waals surface area contributed by atoms with E-state index in [0.29, 0.717) is 22.8 Å². The average molecular weight is 498 g/mol. The molecule has 37 heavy (non-hydrogen) atoms. The van der Waals surface area contributed by atoms with Crippen LogP contribution in [0.25, 0.3) is 22.2 Å². The molecule has 0 bridgehead atoms. The number of carbonyl (C=O) groups is 1. The Balaban J connectivity index is 1.38. The Morgan fingerprint density at radius 1 is 1.00 bits per heavy atom. The van der Waals surface area contributed by atoms with Gasteiger partial charge in [-0.15, -0.1) is 0 Å². The van der Waals surface area contributed by atoms with Gasteiger partial charge in [0.05, 0.1) is 5.69 Å². The lowest BCUT2D eigenvalue weighted by molar-refractivity contribution is -0.112. The third kappa shape index (κ3) is 5.90. The van der Waals surface area contributed by atoms with Crippen molar-refractivity contribution in [3.05, 3.63) is 78.9 Å². The molecule has 1 fully saturated rings. The summed E-state index contributed by atoms with van der Waals surface area (Å²) < 4.78 is 13.1. The van der Waals surface area contributed by atoms with Crippen molar-refractivity contribution in [1.82, 2.24) is 19.9 Å². The molecular weight excluding hydrogens is 469 g/mol. The van der Waals surface area contributed by atoms with E-state index in [2.05, 4.69) is 49.6 Å². The molecule has 1 saturated heterocycles. The Bertz CT molecular complexity index is 1440. The van der Waals surface area contributed by atoms with Crippen molar-refractivity contribution in [3.63, 3.8) is 0 Å². The lowest BCUT2D eigenvalue weighted by Gasteiger charge is -2.34. The summed E-state index contributed by atoms with van der Waals surface area (Å²) in [6.45, 7) is 5.38. The molecule has 9 heteroatoms. The maximum Gasteiger partial charge on any atom is 0.250 e. The predicted molar refractivity (Wildman–Crippen MR) is 146 cm³/mol. The van der Waals surface area contributed by atoms with Gasteiger partial charge in [-0.2, -0.15) is 0 Å². The zero-order valence-electron chi connectivity index (χ0n) is 20.8. The fraction of sp³-hybridized carbons (Fsp3) is 0.214. The standard InChI is InChI=1S/C28H28FN7O/c1-19(29)16-25(37)32-23-5-3-4-20(17-23)26-27-21(10-11-30-26)18-31-28(34-27)33-22-6-8-24(9-7-22)36-14-12-35(2)13-15-36/h3-11,16-18H,12-15H2,1-2H3,(H,32,37)(H,31,33,34)/b19-16-. The maximum atomic E-state index is 13.1. The second kappa shape index (κ2) is 10.7. The molecule has 1 aliphatic rings. The van der Waals surface area contributed by atoms with Crippen LogP contribution in [-0.2, 0) is 4.79 Å². The van der Waals surface area contributed by atoms with Crippen LogP contribution in [0.5, 0.6) is 0 Å². The number of likely N-dealkylation sites (N-methyl/N-ethyl adjacent to an activating group) is 1. The van der Waals surface area contributed by atoms with Gasteiger partial charge in [0.1, 0.15) is 11.3 Å². The first-order valence-corrected chi connectivity index (χ1v) is 12.1. The molecular formula is C28H28FN7O. The van der Waals surface area contributed by atoms with Crippen LogP contribution in [0, 0.1) is 0 Å². The van der Waals surface area contributed by atoms with Gasteiger partial charge in [-0.3, -0.25) is 9.78 Å². The molecule has 0 spiro atoms.